The van der Waals surface area contributed by atoms with Crippen LogP contribution in [0.2, 0.25) is 0 Å². The van der Waals surface area contributed by atoms with E-state index in [1.165, 1.54) is 23.9 Å². The van der Waals surface area contributed by atoms with Gasteiger partial charge in [-0.3, -0.25) is 0 Å². The normalized spacial score (nSPS) is 11.0. The highest BCUT2D eigenvalue weighted by atomic mass is 32.2. The zero-order valence-corrected chi connectivity index (χ0v) is 11.7. The molecule has 0 heterocycles. The van der Waals surface area contributed by atoms with Gasteiger partial charge in [-0.1, -0.05) is 24.3 Å². The zero-order valence-electron chi connectivity index (χ0n) is 10.9. The van der Waals surface area contributed by atoms with E-state index in [9.17, 15) is 13.6 Å². The van der Waals surface area contributed by atoms with E-state index in [1.54, 1.807) is 6.07 Å². The van der Waals surface area contributed by atoms with Gasteiger partial charge in [0, 0.05) is 16.7 Å². The van der Waals surface area contributed by atoms with Crippen molar-refractivity contribution >= 4 is 23.8 Å². The number of carbonyl (C=O) groups is 1. The number of hydrogen-bond donors (Lipinski definition) is 1. The van der Waals surface area contributed by atoms with Crippen molar-refractivity contribution in [3.63, 3.8) is 0 Å². The van der Waals surface area contributed by atoms with Crippen molar-refractivity contribution in [1.82, 2.24) is 0 Å². The minimum atomic E-state index is -1.02. The average molecular weight is 306 g/mol. The average Bonchev–Trinajstić information content (AvgIpc) is 2.47. The predicted molar refractivity (Wildman–Crippen MR) is 79.0 cm³/mol. The van der Waals surface area contributed by atoms with Gasteiger partial charge in [-0.05, 0) is 35.4 Å². The summed E-state index contributed by atoms with van der Waals surface area (Å²) in [6.07, 6.45) is 2.59. The first-order valence-corrected chi connectivity index (χ1v) is 7.11. The Labute approximate surface area is 125 Å². The third-order valence-corrected chi connectivity index (χ3v) is 3.79. The van der Waals surface area contributed by atoms with Crippen LogP contribution in [0, 0.1) is 11.6 Å². The molecular formula is C16H12F2O2S. The van der Waals surface area contributed by atoms with E-state index in [-0.39, 0.29) is 0 Å². The van der Waals surface area contributed by atoms with Crippen LogP contribution in [0.15, 0.2) is 53.4 Å². The molecule has 2 aromatic carbocycles. The Morgan fingerprint density at radius 2 is 1.90 bits per heavy atom. The molecule has 0 atom stereocenters. The molecule has 0 aromatic heterocycles. The van der Waals surface area contributed by atoms with Crippen molar-refractivity contribution in [2.45, 2.75) is 10.6 Å². The fourth-order valence-corrected chi connectivity index (χ4v) is 2.65. The number of carboxylic acid groups (broad SMARTS) is 1. The molecule has 2 aromatic rings. The highest BCUT2D eigenvalue weighted by Crippen LogP contribution is 2.26. The lowest BCUT2D eigenvalue weighted by atomic mass is 10.1. The second kappa shape index (κ2) is 7.04. The maximum absolute atomic E-state index is 13.1. The van der Waals surface area contributed by atoms with Gasteiger partial charge in [-0.25, -0.2) is 13.6 Å². The molecule has 0 bridgehead atoms. The maximum Gasteiger partial charge on any atom is 0.328 e. The summed E-state index contributed by atoms with van der Waals surface area (Å²) in [5, 5.41) is 8.66. The largest absolute Gasteiger partial charge is 0.478 e. The van der Waals surface area contributed by atoms with Crippen molar-refractivity contribution < 1.29 is 18.7 Å². The number of rotatable bonds is 5. The Morgan fingerprint density at radius 3 is 2.62 bits per heavy atom. The summed E-state index contributed by atoms with van der Waals surface area (Å²) in [4.78, 5) is 11.2. The summed E-state index contributed by atoms with van der Waals surface area (Å²) < 4.78 is 26.0. The topological polar surface area (TPSA) is 37.3 Å². The Kier molecular flexibility index (Phi) is 5.11. The quantitative estimate of drug-likeness (QED) is 0.659. The number of hydrogen-bond acceptors (Lipinski definition) is 2. The van der Waals surface area contributed by atoms with Crippen LogP contribution in [0.4, 0.5) is 8.78 Å². The second-order valence-corrected chi connectivity index (χ2v) is 5.28. The molecule has 0 aliphatic rings. The molecule has 2 nitrogen and oxygen atoms in total. The summed E-state index contributed by atoms with van der Waals surface area (Å²) >= 11 is 1.36. The number of benzene rings is 2. The molecular weight excluding hydrogens is 294 g/mol. The van der Waals surface area contributed by atoms with Crippen LogP contribution in [0.1, 0.15) is 11.1 Å². The van der Waals surface area contributed by atoms with E-state index in [2.05, 4.69) is 0 Å². The van der Waals surface area contributed by atoms with E-state index in [0.717, 1.165) is 29.3 Å². The van der Waals surface area contributed by atoms with Gasteiger partial charge < -0.3 is 5.11 Å². The summed E-state index contributed by atoms with van der Waals surface area (Å²) in [5.41, 5.74) is 1.71. The molecule has 0 saturated carbocycles. The van der Waals surface area contributed by atoms with Crippen molar-refractivity contribution in [3.8, 4) is 0 Å². The number of carboxylic acids is 1. The first-order valence-electron chi connectivity index (χ1n) is 6.13. The minimum Gasteiger partial charge on any atom is -0.478 e. The van der Waals surface area contributed by atoms with Crippen molar-refractivity contribution in [3.05, 3.63) is 71.3 Å². The Balaban J connectivity index is 2.12. The van der Waals surface area contributed by atoms with E-state index in [4.69, 9.17) is 5.11 Å². The molecule has 5 heteroatoms. The molecule has 0 aliphatic heterocycles. The minimum absolute atomic E-state index is 0.533. The van der Waals surface area contributed by atoms with Gasteiger partial charge >= 0.3 is 5.97 Å². The first-order chi connectivity index (χ1) is 10.1. The van der Waals surface area contributed by atoms with Crippen LogP contribution in [0.3, 0.4) is 0 Å². The molecule has 21 heavy (non-hydrogen) atoms. The standard InChI is InChI=1S/C16H12F2O2S/c17-14-7-6-13(9-15(14)18)21-10-12-4-2-1-3-11(12)5-8-16(19)20/h1-9H,10H2,(H,19,20). The van der Waals surface area contributed by atoms with Gasteiger partial charge in [0.15, 0.2) is 11.6 Å². The summed E-state index contributed by atoms with van der Waals surface area (Å²) in [7, 11) is 0. The lowest BCUT2D eigenvalue weighted by Gasteiger charge is -2.06. The van der Waals surface area contributed by atoms with Gasteiger partial charge in [0.2, 0.25) is 0 Å². The fourth-order valence-electron chi connectivity index (χ4n) is 1.72. The van der Waals surface area contributed by atoms with E-state index in [0.29, 0.717) is 10.6 Å². The summed E-state index contributed by atoms with van der Waals surface area (Å²) in [6, 6.07) is 11.1. The first kappa shape index (κ1) is 15.3. The highest BCUT2D eigenvalue weighted by molar-refractivity contribution is 7.98. The van der Waals surface area contributed by atoms with E-state index >= 15 is 0 Å². The van der Waals surface area contributed by atoms with Gasteiger partial charge in [-0.2, -0.15) is 0 Å². The van der Waals surface area contributed by atoms with Gasteiger partial charge in [0.1, 0.15) is 0 Å². The van der Waals surface area contributed by atoms with Gasteiger partial charge in [0.25, 0.3) is 0 Å². The molecule has 0 fully saturated rings. The SMILES string of the molecule is O=C(O)C=Cc1ccccc1CSc1ccc(F)c(F)c1. The van der Waals surface area contributed by atoms with E-state index in [1.807, 2.05) is 18.2 Å². The fraction of sp³-hybridized carbons (Fsp3) is 0.0625. The van der Waals surface area contributed by atoms with Crippen molar-refractivity contribution in [2.24, 2.45) is 0 Å². The monoisotopic (exact) mass is 306 g/mol. The van der Waals surface area contributed by atoms with Gasteiger partial charge in [-0.15, -0.1) is 11.8 Å². The lowest BCUT2D eigenvalue weighted by molar-refractivity contribution is -0.131. The van der Waals surface area contributed by atoms with Gasteiger partial charge in [0.05, 0.1) is 0 Å². The summed E-state index contributed by atoms with van der Waals surface area (Å²) in [5.74, 6) is -2.23. The van der Waals surface area contributed by atoms with Crippen LogP contribution in [-0.2, 0) is 10.5 Å². The smallest absolute Gasteiger partial charge is 0.328 e. The highest BCUT2D eigenvalue weighted by Gasteiger charge is 2.05. The lowest BCUT2D eigenvalue weighted by Crippen LogP contribution is -1.90. The van der Waals surface area contributed by atoms with Crippen molar-refractivity contribution in [2.75, 3.05) is 0 Å². The number of halogens is 2. The van der Waals surface area contributed by atoms with Crippen LogP contribution in [0.25, 0.3) is 6.08 Å². The Bertz CT molecular complexity index is 684. The maximum atomic E-state index is 13.1. The molecule has 0 aliphatic carbocycles. The summed E-state index contributed by atoms with van der Waals surface area (Å²) in [6.45, 7) is 0. The molecule has 0 unspecified atom stereocenters. The number of thioether (sulfide) groups is 1. The molecule has 0 saturated heterocycles. The van der Waals surface area contributed by atoms with Crippen LogP contribution in [-0.4, -0.2) is 11.1 Å². The third kappa shape index (κ3) is 4.43. The Morgan fingerprint density at radius 1 is 1.14 bits per heavy atom. The van der Waals surface area contributed by atoms with Crippen LogP contribution < -0.4 is 0 Å². The number of aliphatic carboxylic acids is 1. The molecule has 108 valence electrons. The molecule has 1 N–H and O–H groups in total. The second-order valence-electron chi connectivity index (χ2n) is 4.23. The molecule has 0 spiro atoms. The third-order valence-electron chi connectivity index (χ3n) is 2.75. The molecule has 2 rings (SSSR count). The molecule has 0 radical (unpaired) electrons. The predicted octanol–water partition coefficient (Wildman–Crippen LogP) is 4.35. The van der Waals surface area contributed by atoms with Crippen molar-refractivity contribution in [1.29, 1.82) is 0 Å². The van der Waals surface area contributed by atoms with Crippen LogP contribution in [0.5, 0.6) is 0 Å². The van der Waals surface area contributed by atoms with E-state index < -0.39 is 17.6 Å². The Hall–Kier alpha value is -2.14. The zero-order chi connectivity index (χ0) is 15.2. The molecule has 0 amide bonds. The van der Waals surface area contributed by atoms with Crippen LogP contribution >= 0.6 is 11.8 Å².